The highest BCUT2D eigenvalue weighted by molar-refractivity contribution is 5.89. The molecule has 8 nitrogen and oxygen atoms in total. The Morgan fingerprint density at radius 1 is 1.37 bits per heavy atom. The van der Waals surface area contributed by atoms with Gasteiger partial charge in [-0.1, -0.05) is 12.1 Å². The molecule has 142 valence electrons. The number of nitriles is 1. The van der Waals surface area contributed by atoms with E-state index >= 15 is 0 Å². The van der Waals surface area contributed by atoms with Gasteiger partial charge in [-0.2, -0.15) is 5.26 Å². The molecule has 0 saturated carbocycles. The zero-order chi connectivity index (χ0) is 20.2. The molecule has 27 heavy (non-hydrogen) atoms. The van der Waals surface area contributed by atoms with Crippen LogP contribution in [0.15, 0.2) is 30.3 Å². The van der Waals surface area contributed by atoms with Crippen LogP contribution in [0.5, 0.6) is 5.88 Å². The van der Waals surface area contributed by atoms with E-state index in [1.54, 1.807) is 19.1 Å². The lowest BCUT2D eigenvalue weighted by Gasteiger charge is -2.06. The van der Waals surface area contributed by atoms with Gasteiger partial charge in [0.05, 0.1) is 25.0 Å². The monoisotopic (exact) mass is 370 g/mol. The molecule has 2 aromatic rings. The van der Waals surface area contributed by atoms with E-state index in [0.29, 0.717) is 18.5 Å². The topological polar surface area (TPSA) is 127 Å². The van der Waals surface area contributed by atoms with E-state index in [2.05, 4.69) is 15.0 Å². The number of nitrogens with zero attached hydrogens (tertiary/aromatic N) is 2. The van der Waals surface area contributed by atoms with Crippen LogP contribution in [0, 0.1) is 11.3 Å². The summed E-state index contributed by atoms with van der Waals surface area (Å²) in [5, 5.41) is 11.8. The second-order valence-electron chi connectivity index (χ2n) is 5.20. The fourth-order valence-corrected chi connectivity index (χ4v) is 2.05. The molecule has 0 bridgehead atoms. The van der Waals surface area contributed by atoms with Gasteiger partial charge in [-0.15, -0.1) is 0 Å². The van der Waals surface area contributed by atoms with Crippen LogP contribution in [0.3, 0.4) is 0 Å². The number of methoxy groups -OCH3 is 1. The molecule has 1 aromatic carbocycles. The molecule has 0 aliphatic heterocycles. The first-order valence-electron chi connectivity index (χ1n) is 8.11. The summed E-state index contributed by atoms with van der Waals surface area (Å²) >= 11 is 0. The smallest absolute Gasteiger partial charge is 0.337 e. The van der Waals surface area contributed by atoms with E-state index in [4.69, 9.17) is 15.7 Å². The molecule has 0 unspecified atom stereocenters. The lowest BCUT2D eigenvalue weighted by molar-refractivity contribution is 0.0600. The predicted molar refractivity (Wildman–Crippen MR) is 100 cm³/mol. The van der Waals surface area contributed by atoms with Gasteiger partial charge in [-0.25, -0.2) is 9.78 Å². The number of benzene rings is 1. The van der Waals surface area contributed by atoms with E-state index in [1.165, 1.54) is 13.2 Å². The number of aldehydes is 1. The quantitative estimate of drug-likeness (QED) is 0.583. The summed E-state index contributed by atoms with van der Waals surface area (Å²) in [6.07, 6.45) is 0.556. The minimum absolute atomic E-state index is 0.108. The van der Waals surface area contributed by atoms with Crippen LogP contribution in [0.1, 0.15) is 38.9 Å². The number of hydrogen-bond donors (Lipinski definition) is 2. The standard InChI is InChI=1S/C10H13NO2.C9H9N3O2/c1-11-7-8-3-5-9(6-4-8)10(12)13-2;1-2-14-9-7(4-10)8(11)3-6(5-13)12-9/h3-6,11H,7H2,1-2H3;3,5H,2H2,1H3,(H2,11,12). The molecule has 3 N–H and O–H groups in total. The summed E-state index contributed by atoms with van der Waals surface area (Å²) in [7, 11) is 3.26. The van der Waals surface area contributed by atoms with E-state index in [-0.39, 0.29) is 28.8 Å². The predicted octanol–water partition coefficient (Wildman–Crippen LogP) is 1.94. The van der Waals surface area contributed by atoms with Crippen LogP contribution >= 0.6 is 0 Å². The van der Waals surface area contributed by atoms with Gasteiger partial charge in [-0.05, 0) is 37.7 Å². The number of rotatable bonds is 6. The number of nitrogen functional groups attached to an aromatic ring is 1. The third kappa shape index (κ3) is 6.41. The number of nitrogens with one attached hydrogen (secondary N) is 1. The number of esters is 1. The van der Waals surface area contributed by atoms with Crippen molar-refractivity contribution in [3.05, 3.63) is 52.7 Å². The van der Waals surface area contributed by atoms with Crippen LogP contribution in [0.2, 0.25) is 0 Å². The maximum absolute atomic E-state index is 11.0. The molecular formula is C19H22N4O4. The summed E-state index contributed by atoms with van der Waals surface area (Å²) < 4.78 is 9.66. The molecule has 1 heterocycles. The number of anilines is 1. The molecule has 0 fully saturated rings. The van der Waals surface area contributed by atoms with Crippen molar-refractivity contribution in [2.45, 2.75) is 13.5 Å². The molecule has 0 amide bonds. The van der Waals surface area contributed by atoms with Crippen LogP contribution in [0.25, 0.3) is 0 Å². The van der Waals surface area contributed by atoms with Crippen LogP contribution in [-0.2, 0) is 11.3 Å². The fourth-order valence-electron chi connectivity index (χ4n) is 2.05. The van der Waals surface area contributed by atoms with Gasteiger partial charge in [0.1, 0.15) is 17.3 Å². The third-order valence-corrected chi connectivity index (χ3v) is 3.31. The second-order valence-corrected chi connectivity index (χ2v) is 5.20. The Morgan fingerprint density at radius 2 is 2.04 bits per heavy atom. The molecule has 0 atom stereocenters. The lowest BCUT2D eigenvalue weighted by Crippen LogP contribution is -2.06. The van der Waals surface area contributed by atoms with E-state index in [9.17, 15) is 9.59 Å². The summed E-state index contributed by atoms with van der Waals surface area (Å²) in [5.74, 6) is -0.187. The summed E-state index contributed by atoms with van der Waals surface area (Å²) in [4.78, 5) is 25.3. The van der Waals surface area contributed by atoms with Crippen molar-refractivity contribution in [3.63, 3.8) is 0 Å². The number of carbonyl (C=O) groups is 2. The maximum atomic E-state index is 11.0. The largest absolute Gasteiger partial charge is 0.477 e. The molecule has 0 radical (unpaired) electrons. The molecule has 0 aliphatic carbocycles. The fraction of sp³-hybridized carbons (Fsp3) is 0.263. The Labute approximate surface area is 157 Å². The highest BCUT2D eigenvalue weighted by atomic mass is 16.5. The van der Waals surface area contributed by atoms with Crippen molar-refractivity contribution in [1.82, 2.24) is 10.3 Å². The zero-order valence-corrected chi connectivity index (χ0v) is 15.5. The van der Waals surface area contributed by atoms with Crippen molar-refractivity contribution in [2.75, 3.05) is 26.5 Å². The zero-order valence-electron chi connectivity index (χ0n) is 15.5. The number of nitrogens with two attached hydrogens (primary N) is 1. The second kappa shape index (κ2) is 11.2. The molecular weight excluding hydrogens is 348 g/mol. The van der Waals surface area contributed by atoms with Crippen molar-refractivity contribution in [3.8, 4) is 11.9 Å². The van der Waals surface area contributed by atoms with Crippen LogP contribution < -0.4 is 15.8 Å². The lowest BCUT2D eigenvalue weighted by atomic mass is 10.1. The van der Waals surface area contributed by atoms with Gasteiger partial charge in [0.15, 0.2) is 6.29 Å². The Hall–Kier alpha value is -3.44. The number of ether oxygens (including phenoxy) is 2. The minimum atomic E-state index is -0.295. The van der Waals surface area contributed by atoms with E-state index < -0.39 is 0 Å². The first-order valence-corrected chi connectivity index (χ1v) is 8.11. The Kier molecular flexibility index (Phi) is 8.98. The highest BCUT2D eigenvalue weighted by Crippen LogP contribution is 2.21. The maximum Gasteiger partial charge on any atom is 0.337 e. The number of carbonyl (C=O) groups excluding carboxylic acids is 2. The van der Waals surface area contributed by atoms with Gasteiger partial charge < -0.3 is 20.5 Å². The molecule has 1 aromatic heterocycles. The number of pyridine rings is 1. The molecule has 0 saturated heterocycles. The third-order valence-electron chi connectivity index (χ3n) is 3.31. The van der Waals surface area contributed by atoms with Crippen molar-refractivity contribution in [1.29, 1.82) is 5.26 Å². The highest BCUT2D eigenvalue weighted by Gasteiger charge is 2.10. The summed E-state index contributed by atoms with van der Waals surface area (Å²) in [6, 6.07) is 10.5. The van der Waals surface area contributed by atoms with Crippen molar-refractivity contribution in [2.24, 2.45) is 0 Å². The van der Waals surface area contributed by atoms with Crippen LogP contribution in [-0.4, -0.2) is 38.0 Å². The van der Waals surface area contributed by atoms with Crippen molar-refractivity contribution < 1.29 is 19.1 Å². The summed E-state index contributed by atoms with van der Waals surface area (Å²) in [6.45, 7) is 2.93. The Bertz CT molecular complexity index is 814. The van der Waals surface area contributed by atoms with Crippen molar-refractivity contribution >= 4 is 17.9 Å². The van der Waals surface area contributed by atoms with Gasteiger partial charge in [0.2, 0.25) is 5.88 Å². The Balaban J connectivity index is 0.000000271. The first kappa shape index (κ1) is 21.6. The van der Waals surface area contributed by atoms with Gasteiger partial charge in [0.25, 0.3) is 0 Å². The molecule has 8 heteroatoms. The van der Waals surface area contributed by atoms with E-state index in [1.807, 2.05) is 25.2 Å². The normalized spacial score (nSPS) is 9.41. The van der Waals surface area contributed by atoms with Gasteiger partial charge in [0, 0.05) is 6.54 Å². The van der Waals surface area contributed by atoms with Crippen LogP contribution in [0.4, 0.5) is 5.69 Å². The average Bonchev–Trinajstić information content (AvgIpc) is 2.68. The molecule has 0 aliphatic rings. The van der Waals surface area contributed by atoms with Gasteiger partial charge >= 0.3 is 5.97 Å². The first-order chi connectivity index (χ1) is 13.0. The van der Waals surface area contributed by atoms with E-state index in [0.717, 1.165) is 12.1 Å². The SMILES string of the molecule is CCOc1nc(C=O)cc(N)c1C#N.CNCc1ccc(C(=O)OC)cc1. The average molecular weight is 370 g/mol. The minimum Gasteiger partial charge on any atom is -0.477 e. The molecule has 2 rings (SSSR count). The number of aromatic nitrogens is 1. The Morgan fingerprint density at radius 3 is 2.52 bits per heavy atom. The van der Waals surface area contributed by atoms with Gasteiger partial charge in [-0.3, -0.25) is 4.79 Å². The number of hydrogen-bond acceptors (Lipinski definition) is 8. The summed E-state index contributed by atoms with van der Waals surface area (Å²) in [5.41, 5.74) is 7.79. The molecule has 0 spiro atoms.